The SMILES string of the molecule is CC(=O)Nc1ccc2c(c1)[Si](C)(C)C1=CC(=O)C=CC1=C2c1ccccc1C. The van der Waals surface area contributed by atoms with Crippen LogP contribution in [0.3, 0.4) is 0 Å². The number of benzene rings is 2. The van der Waals surface area contributed by atoms with Gasteiger partial charge in [0.15, 0.2) is 5.78 Å². The van der Waals surface area contributed by atoms with E-state index in [2.05, 4.69) is 55.7 Å². The number of carbonyl (C=O) groups excluding carboxylic acids is 2. The summed E-state index contributed by atoms with van der Waals surface area (Å²) in [6, 6.07) is 14.5. The summed E-state index contributed by atoms with van der Waals surface area (Å²) < 4.78 is 0. The molecule has 4 heteroatoms. The second kappa shape index (κ2) is 6.57. The zero-order chi connectivity index (χ0) is 20.1. The van der Waals surface area contributed by atoms with Crippen LogP contribution in [0.2, 0.25) is 13.1 Å². The molecule has 0 spiro atoms. The molecule has 140 valence electrons. The number of hydrogen-bond donors (Lipinski definition) is 1. The van der Waals surface area contributed by atoms with Gasteiger partial charge >= 0.3 is 0 Å². The Morgan fingerprint density at radius 1 is 1.00 bits per heavy atom. The fraction of sp³-hybridized carbons (Fsp3) is 0.167. The van der Waals surface area contributed by atoms with Crippen molar-refractivity contribution in [2.24, 2.45) is 0 Å². The maximum Gasteiger partial charge on any atom is 0.221 e. The normalized spacial score (nSPS) is 17.0. The van der Waals surface area contributed by atoms with Crippen molar-refractivity contribution in [1.82, 2.24) is 0 Å². The third-order valence-corrected chi connectivity index (χ3v) is 9.15. The summed E-state index contributed by atoms with van der Waals surface area (Å²) in [6.07, 6.45) is 5.46. The van der Waals surface area contributed by atoms with Gasteiger partial charge < -0.3 is 5.32 Å². The monoisotopic (exact) mass is 385 g/mol. The lowest BCUT2D eigenvalue weighted by Crippen LogP contribution is -2.49. The molecule has 4 rings (SSSR count). The van der Waals surface area contributed by atoms with Crippen molar-refractivity contribution in [3.05, 3.63) is 88.2 Å². The Labute approximate surface area is 166 Å². The Kier molecular flexibility index (Phi) is 4.31. The number of hydrogen-bond acceptors (Lipinski definition) is 2. The van der Waals surface area contributed by atoms with Crippen LogP contribution in [0.1, 0.15) is 23.6 Å². The van der Waals surface area contributed by atoms with Gasteiger partial charge in [-0.2, -0.15) is 0 Å². The molecular formula is C24H23NO2Si. The van der Waals surface area contributed by atoms with E-state index in [-0.39, 0.29) is 11.7 Å². The van der Waals surface area contributed by atoms with Gasteiger partial charge in [0, 0.05) is 12.6 Å². The van der Waals surface area contributed by atoms with Crippen LogP contribution in [0.5, 0.6) is 0 Å². The highest BCUT2D eigenvalue weighted by atomic mass is 28.3. The van der Waals surface area contributed by atoms with Gasteiger partial charge in [0.1, 0.15) is 8.07 Å². The van der Waals surface area contributed by atoms with Gasteiger partial charge in [-0.15, -0.1) is 0 Å². The Bertz CT molecular complexity index is 1120. The predicted molar refractivity (Wildman–Crippen MR) is 117 cm³/mol. The number of ketones is 1. The molecule has 0 saturated heterocycles. The number of fused-ring (bicyclic) bond motifs is 2. The highest BCUT2D eigenvalue weighted by Crippen LogP contribution is 2.42. The number of rotatable bonds is 2. The number of carbonyl (C=O) groups is 2. The fourth-order valence-corrected chi connectivity index (χ4v) is 7.33. The Morgan fingerprint density at radius 2 is 1.75 bits per heavy atom. The van der Waals surface area contributed by atoms with Gasteiger partial charge in [-0.05, 0) is 69.4 Å². The van der Waals surface area contributed by atoms with Crippen molar-refractivity contribution in [2.75, 3.05) is 5.32 Å². The van der Waals surface area contributed by atoms with Crippen molar-refractivity contribution in [3.63, 3.8) is 0 Å². The van der Waals surface area contributed by atoms with Crippen molar-refractivity contribution in [2.45, 2.75) is 26.9 Å². The molecule has 0 bridgehead atoms. The molecule has 0 aromatic heterocycles. The fourth-order valence-electron chi connectivity index (χ4n) is 4.25. The van der Waals surface area contributed by atoms with E-state index in [0.29, 0.717) is 0 Å². The van der Waals surface area contributed by atoms with Crippen LogP contribution < -0.4 is 10.5 Å². The summed E-state index contributed by atoms with van der Waals surface area (Å²) >= 11 is 0. The number of anilines is 1. The maximum atomic E-state index is 12.2. The molecule has 0 atom stereocenters. The first kappa shape index (κ1) is 18.4. The lowest BCUT2D eigenvalue weighted by molar-refractivity contribution is -0.114. The molecule has 0 fully saturated rings. The summed E-state index contributed by atoms with van der Waals surface area (Å²) in [6.45, 7) is 8.19. The molecular weight excluding hydrogens is 362 g/mol. The van der Waals surface area contributed by atoms with E-state index in [4.69, 9.17) is 0 Å². The minimum atomic E-state index is -2.11. The summed E-state index contributed by atoms with van der Waals surface area (Å²) in [7, 11) is -2.11. The summed E-state index contributed by atoms with van der Waals surface area (Å²) in [5.74, 6) is -0.0366. The van der Waals surface area contributed by atoms with Crippen molar-refractivity contribution < 1.29 is 9.59 Å². The van der Waals surface area contributed by atoms with Crippen LogP contribution in [0, 0.1) is 6.92 Å². The van der Waals surface area contributed by atoms with Crippen LogP contribution >= 0.6 is 0 Å². The van der Waals surface area contributed by atoms with Gasteiger partial charge in [-0.1, -0.05) is 49.5 Å². The summed E-state index contributed by atoms with van der Waals surface area (Å²) in [5, 5.41) is 5.31. The van der Waals surface area contributed by atoms with Crippen LogP contribution in [0.25, 0.3) is 5.57 Å². The molecule has 1 heterocycles. The smallest absolute Gasteiger partial charge is 0.221 e. The summed E-state index contributed by atoms with van der Waals surface area (Å²) in [5.41, 5.74) is 6.71. The molecule has 1 amide bonds. The van der Waals surface area contributed by atoms with E-state index >= 15 is 0 Å². The molecule has 2 aromatic carbocycles. The van der Waals surface area contributed by atoms with E-state index in [1.54, 1.807) is 6.08 Å². The number of allylic oxidation sites excluding steroid dienone is 5. The first-order valence-electron chi connectivity index (χ1n) is 9.46. The maximum absolute atomic E-state index is 12.2. The predicted octanol–water partition coefficient (Wildman–Crippen LogP) is 4.29. The first-order chi connectivity index (χ1) is 13.3. The Balaban J connectivity index is 2.06. The standard InChI is InChI=1S/C24H23NO2Si/c1-15-7-5-6-8-19(15)24-20-11-9-17(25-16(2)26)13-22(20)28(3,4)23-14-18(27)10-12-21(23)24/h5-14H,1-4H3,(H,25,26). The number of amides is 1. The average molecular weight is 386 g/mol. The highest BCUT2D eigenvalue weighted by Gasteiger charge is 2.40. The zero-order valence-corrected chi connectivity index (χ0v) is 17.6. The van der Waals surface area contributed by atoms with Crippen LogP contribution in [-0.2, 0) is 9.59 Å². The van der Waals surface area contributed by atoms with Crippen molar-refractivity contribution in [3.8, 4) is 0 Å². The van der Waals surface area contributed by atoms with E-state index in [9.17, 15) is 9.59 Å². The molecule has 1 N–H and O–H groups in total. The third kappa shape index (κ3) is 2.90. The highest BCUT2D eigenvalue weighted by molar-refractivity contribution is 6.98. The largest absolute Gasteiger partial charge is 0.326 e. The molecule has 3 nitrogen and oxygen atoms in total. The second-order valence-corrected chi connectivity index (χ2v) is 12.3. The molecule has 28 heavy (non-hydrogen) atoms. The van der Waals surface area contributed by atoms with Gasteiger partial charge in [-0.3, -0.25) is 9.59 Å². The van der Waals surface area contributed by atoms with Crippen molar-refractivity contribution >= 4 is 36.2 Å². The molecule has 2 aliphatic rings. The van der Waals surface area contributed by atoms with E-state index in [1.807, 2.05) is 24.3 Å². The quantitative estimate of drug-likeness (QED) is 0.784. The third-order valence-electron chi connectivity index (χ3n) is 5.63. The van der Waals surface area contributed by atoms with E-state index in [1.165, 1.54) is 34.4 Å². The lowest BCUT2D eigenvalue weighted by atomic mass is 9.88. The molecule has 2 aromatic rings. The zero-order valence-electron chi connectivity index (χ0n) is 16.6. The Morgan fingerprint density at radius 3 is 2.46 bits per heavy atom. The molecule has 0 saturated carbocycles. The van der Waals surface area contributed by atoms with Gasteiger partial charge in [-0.25, -0.2) is 0 Å². The van der Waals surface area contributed by atoms with Crippen LogP contribution in [0.4, 0.5) is 5.69 Å². The number of nitrogens with one attached hydrogen (secondary N) is 1. The van der Waals surface area contributed by atoms with Gasteiger partial charge in [0.2, 0.25) is 5.91 Å². The average Bonchev–Trinajstić information content (AvgIpc) is 2.64. The summed E-state index contributed by atoms with van der Waals surface area (Å²) in [4.78, 5) is 23.8. The van der Waals surface area contributed by atoms with Crippen molar-refractivity contribution in [1.29, 1.82) is 0 Å². The van der Waals surface area contributed by atoms with Gasteiger partial charge in [0.05, 0.1) is 0 Å². The molecule has 0 radical (unpaired) electrons. The second-order valence-electron chi connectivity index (χ2n) is 7.96. The number of aryl methyl sites for hydroxylation is 1. The van der Waals surface area contributed by atoms with Gasteiger partial charge in [0.25, 0.3) is 0 Å². The Hall–Kier alpha value is -2.98. The van der Waals surface area contributed by atoms with Crippen LogP contribution in [-0.4, -0.2) is 19.8 Å². The minimum absolute atomic E-state index is 0.0462. The first-order valence-corrected chi connectivity index (χ1v) is 12.5. The van der Waals surface area contributed by atoms with E-state index in [0.717, 1.165) is 16.5 Å². The van der Waals surface area contributed by atoms with Crippen LogP contribution in [0.15, 0.2) is 71.5 Å². The topological polar surface area (TPSA) is 46.2 Å². The minimum Gasteiger partial charge on any atom is -0.326 e. The molecule has 1 aliphatic carbocycles. The lowest BCUT2D eigenvalue weighted by Gasteiger charge is -2.38. The molecule has 1 aliphatic heterocycles. The van der Waals surface area contributed by atoms with E-state index < -0.39 is 8.07 Å². The molecule has 0 unspecified atom stereocenters.